The summed E-state index contributed by atoms with van der Waals surface area (Å²) in [4.78, 5) is 0. The predicted molar refractivity (Wildman–Crippen MR) is 139 cm³/mol. The first-order valence-electron chi connectivity index (χ1n) is 13.8. The molecule has 0 N–H and O–H groups in total. The molecule has 0 unspecified atom stereocenters. The summed E-state index contributed by atoms with van der Waals surface area (Å²) in [6, 6.07) is 10.2. The van der Waals surface area contributed by atoms with Crippen LogP contribution in [0.3, 0.4) is 0 Å². The zero-order chi connectivity index (χ0) is 23.5. The van der Waals surface area contributed by atoms with Gasteiger partial charge in [0.2, 0.25) is 0 Å². The van der Waals surface area contributed by atoms with Gasteiger partial charge in [-0.05, 0) is 12.0 Å². The number of hydrogen-bond acceptors (Lipinski definition) is 4. The second-order valence-corrected chi connectivity index (χ2v) is 8.97. The molecule has 4 heteroatoms. The molecule has 0 spiro atoms. The first kappa shape index (κ1) is 30.1. The number of ether oxygens (including phenoxy) is 4. The number of unbranched alkanes of at least 4 members (excludes halogenated alkanes) is 13. The Morgan fingerprint density at radius 3 is 1.30 bits per heavy atom. The first-order valence-corrected chi connectivity index (χ1v) is 13.8. The lowest BCUT2D eigenvalue weighted by atomic mass is 10.0. The Morgan fingerprint density at radius 2 is 0.818 bits per heavy atom. The van der Waals surface area contributed by atoms with Gasteiger partial charge in [-0.25, -0.2) is 0 Å². The molecule has 0 heterocycles. The quantitative estimate of drug-likeness (QED) is 0.131. The molecule has 0 fully saturated rings. The summed E-state index contributed by atoms with van der Waals surface area (Å²) in [6.45, 7) is 7.53. The summed E-state index contributed by atoms with van der Waals surface area (Å²) < 4.78 is 22.3. The molecule has 0 aliphatic rings. The minimum atomic E-state index is 0.603. The molecule has 0 saturated carbocycles. The van der Waals surface area contributed by atoms with Gasteiger partial charge >= 0.3 is 0 Å². The van der Waals surface area contributed by atoms with Crippen LogP contribution < -0.4 is 0 Å². The van der Waals surface area contributed by atoms with Crippen LogP contribution in [0.5, 0.6) is 0 Å². The number of benzene rings is 1. The molecule has 0 bridgehead atoms. The third-order valence-electron chi connectivity index (χ3n) is 5.87. The summed E-state index contributed by atoms with van der Waals surface area (Å²) in [5.74, 6) is 0. The van der Waals surface area contributed by atoms with Crippen molar-refractivity contribution in [3.8, 4) is 0 Å². The summed E-state index contributed by atoms with van der Waals surface area (Å²) in [7, 11) is 0. The fraction of sp³-hybridized carbons (Fsp3) is 0.793. The molecule has 0 atom stereocenters. The lowest BCUT2D eigenvalue weighted by Crippen LogP contribution is -2.12. The topological polar surface area (TPSA) is 36.9 Å². The molecule has 0 aliphatic heterocycles. The van der Waals surface area contributed by atoms with Crippen molar-refractivity contribution >= 4 is 0 Å². The molecular formula is C29H52O4. The number of hydrogen-bond donors (Lipinski definition) is 0. The van der Waals surface area contributed by atoms with E-state index in [1.807, 2.05) is 18.2 Å². The van der Waals surface area contributed by atoms with Crippen LogP contribution in [0, 0.1) is 0 Å². The average Bonchev–Trinajstić information content (AvgIpc) is 2.84. The fourth-order valence-electron chi connectivity index (χ4n) is 3.82. The van der Waals surface area contributed by atoms with Crippen LogP contribution in [-0.4, -0.2) is 46.2 Å². The molecule has 0 aliphatic carbocycles. The van der Waals surface area contributed by atoms with Crippen LogP contribution in [0.4, 0.5) is 0 Å². The van der Waals surface area contributed by atoms with Gasteiger partial charge in [0, 0.05) is 6.61 Å². The number of rotatable bonds is 26. The van der Waals surface area contributed by atoms with Crippen molar-refractivity contribution < 1.29 is 18.9 Å². The van der Waals surface area contributed by atoms with Crippen molar-refractivity contribution in [2.75, 3.05) is 46.2 Å². The Kier molecular flexibility index (Phi) is 23.4. The van der Waals surface area contributed by atoms with Crippen molar-refractivity contribution in [2.45, 2.75) is 103 Å². The molecule has 4 nitrogen and oxygen atoms in total. The summed E-state index contributed by atoms with van der Waals surface area (Å²) in [5, 5.41) is 0. The van der Waals surface area contributed by atoms with E-state index >= 15 is 0 Å². The van der Waals surface area contributed by atoms with E-state index in [1.165, 1.54) is 95.5 Å². The van der Waals surface area contributed by atoms with Crippen molar-refractivity contribution in [3.05, 3.63) is 35.9 Å². The van der Waals surface area contributed by atoms with Crippen molar-refractivity contribution in [3.63, 3.8) is 0 Å². The Labute approximate surface area is 204 Å². The van der Waals surface area contributed by atoms with Gasteiger partial charge in [0.25, 0.3) is 0 Å². The Morgan fingerprint density at radius 1 is 0.424 bits per heavy atom. The minimum absolute atomic E-state index is 0.603. The monoisotopic (exact) mass is 464 g/mol. The van der Waals surface area contributed by atoms with Crippen LogP contribution in [0.2, 0.25) is 0 Å². The van der Waals surface area contributed by atoms with Gasteiger partial charge in [-0.3, -0.25) is 0 Å². The zero-order valence-corrected chi connectivity index (χ0v) is 21.6. The second kappa shape index (κ2) is 25.7. The van der Waals surface area contributed by atoms with E-state index < -0.39 is 0 Å². The second-order valence-electron chi connectivity index (χ2n) is 8.97. The van der Waals surface area contributed by atoms with E-state index in [4.69, 9.17) is 18.9 Å². The lowest BCUT2D eigenvalue weighted by Gasteiger charge is -2.08. The van der Waals surface area contributed by atoms with Gasteiger partial charge in [0.15, 0.2) is 0 Å². The van der Waals surface area contributed by atoms with E-state index in [-0.39, 0.29) is 0 Å². The van der Waals surface area contributed by atoms with Gasteiger partial charge < -0.3 is 18.9 Å². The van der Waals surface area contributed by atoms with Crippen LogP contribution in [0.25, 0.3) is 0 Å². The highest BCUT2D eigenvalue weighted by Gasteiger charge is 1.96. The van der Waals surface area contributed by atoms with E-state index in [0.29, 0.717) is 46.2 Å². The fourth-order valence-corrected chi connectivity index (χ4v) is 3.82. The Bertz CT molecular complexity index is 480. The van der Waals surface area contributed by atoms with Crippen molar-refractivity contribution in [1.82, 2.24) is 0 Å². The molecule has 0 radical (unpaired) electrons. The lowest BCUT2D eigenvalue weighted by molar-refractivity contribution is -0.00440. The Balaban J connectivity index is 1.64. The molecule has 0 saturated heterocycles. The van der Waals surface area contributed by atoms with Gasteiger partial charge in [0.05, 0.1) is 46.2 Å². The first-order chi connectivity index (χ1) is 16.4. The van der Waals surface area contributed by atoms with Crippen molar-refractivity contribution in [1.29, 1.82) is 0 Å². The van der Waals surface area contributed by atoms with Crippen molar-refractivity contribution in [2.24, 2.45) is 0 Å². The third-order valence-corrected chi connectivity index (χ3v) is 5.87. The maximum absolute atomic E-state index is 5.66. The highest BCUT2D eigenvalue weighted by molar-refractivity contribution is 5.13. The minimum Gasteiger partial charge on any atom is -0.379 e. The predicted octanol–water partition coefficient (Wildman–Crippen LogP) is 7.73. The summed E-state index contributed by atoms with van der Waals surface area (Å²) in [6.07, 6.45) is 19.5. The Hall–Kier alpha value is -0.940. The van der Waals surface area contributed by atoms with Gasteiger partial charge in [-0.15, -0.1) is 0 Å². The molecule has 0 aromatic heterocycles. The molecule has 1 aromatic rings. The molecule has 192 valence electrons. The molecule has 1 aromatic carbocycles. The third kappa shape index (κ3) is 22.6. The maximum atomic E-state index is 5.66. The van der Waals surface area contributed by atoms with Crippen LogP contribution in [0.15, 0.2) is 30.3 Å². The smallest absolute Gasteiger partial charge is 0.0718 e. The van der Waals surface area contributed by atoms with Gasteiger partial charge in [0.1, 0.15) is 0 Å². The molecule has 33 heavy (non-hydrogen) atoms. The van der Waals surface area contributed by atoms with E-state index in [2.05, 4.69) is 19.1 Å². The average molecular weight is 465 g/mol. The maximum Gasteiger partial charge on any atom is 0.0718 e. The standard InChI is InChI=1S/C29H52O4/c1-2-3-4-5-6-7-8-9-10-11-12-13-14-18-21-30-22-23-31-24-25-32-26-27-33-28-29-19-16-15-17-20-29/h15-17,19-20H,2-14,18,21-28H2,1H3. The highest BCUT2D eigenvalue weighted by atomic mass is 16.6. The van der Waals surface area contributed by atoms with Crippen LogP contribution in [0.1, 0.15) is 102 Å². The van der Waals surface area contributed by atoms with E-state index in [9.17, 15) is 0 Å². The van der Waals surface area contributed by atoms with E-state index in [1.54, 1.807) is 0 Å². The zero-order valence-electron chi connectivity index (χ0n) is 21.6. The molecule has 0 amide bonds. The summed E-state index contributed by atoms with van der Waals surface area (Å²) >= 11 is 0. The van der Waals surface area contributed by atoms with Gasteiger partial charge in [-0.2, -0.15) is 0 Å². The summed E-state index contributed by atoms with van der Waals surface area (Å²) in [5.41, 5.74) is 1.19. The normalized spacial score (nSPS) is 11.3. The van der Waals surface area contributed by atoms with Crippen LogP contribution >= 0.6 is 0 Å². The molecule has 1 rings (SSSR count). The largest absolute Gasteiger partial charge is 0.379 e. The van der Waals surface area contributed by atoms with Gasteiger partial charge in [-0.1, -0.05) is 121 Å². The highest BCUT2D eigenvalue weighted by Crippen LogP contribution is 2.12. The molecular weight excluding hydrogens is 412 g/mol. The van der Waals surface area contributed by atoms with Crippen LogP contribution in [-0.2, 0) is 25.6 Å². The SMILES string of the molecule is CCCCCCCCCCCCCCCCOCCOCCOCCOCc1ccccc1. The van der Waals surface area contributed by atoms with E-state index in [0.717, 1.165) is 6.61 Å².